The summed E-state index contributed by atoms with van der Waals surface area (Å²) in [6, 6.07) is 0. The average Bonchev–Trinajstić information content (AvgIpc) is 2.00. The van der Waals surface area contributed by atoms with Gasteiger partial charge < -0.3 is 5.11 Å². The van der Waals surface area contributed by atoms with E-state index in [4.69, 9.17) is 5.11 Å². The normalized spacial score (nSPS) is 21.5. The Morgan fingerprint density at radius 2 is 2.00 bits per heavy atom. The van der Waals surface area contributed by atoms with Gasteiger partial charge in [0.15, 0.2) is 0 Å². The average molecular weight is 235 g/mol. The quantitative estimate of drug-likeness (QED) is 0.715. The first-order valence-corrected chi connectivity index (χ1v) is 6.10. The van der Waals surface area contributed by atoms with Crippen LogP contribution in [-0.4, -0.2) is 41.0 Å². The summed E-state index contributed by atoms with van der Waals surface area (Å²) in [6.45, 7) is 2.41. The Bertz CT molecular complexity index is 397. The molecule has 1 saturated heterocycles. The Hall–Kier alpha value is -1.11. The van der Waals surface area contributed by atoms with Crippen LogP contribution in [0.4, 0.5) is 0 Å². The van der Waals surface area contributed by atoms with Crippen molar-refractivity contribution in [1.29, 1.82) is 0 Å². The summed E-state index contributed by atoms with van der Waals surface area (Å²) in [7, 11) is -3.77. The number of hydrogen-bond acceptors (Lipinski definition) is 4. The zero-order chi connectivity index (χ0) is 11.9. The number of sulfonamides is 1. The van der Waals surface area contributed by atoms with Gasteiger partial charge in [0.05, 0.1) is 5.75 Å². The third-order valence-corrected chi connectivity index (χ3v) is 4.35. The minimum atomic E-state index is -3.77. The molecule has 0 unspecified atom stereocenters. The number of hydrogen-bond donors (Lipinski definition) is 1. The van der Waals surface area contributed by atoms with E-state index in [1.54, 1.807) is 0 Å². The third kappa shape index (κ3) is 1.97. The molecule has 1 heterocycles. The van der Waals surface area contributed by atoms with Gasteiger partial charge in [-0.2, -0.15) is 0 Å². The Morgan fingerprint density at radius 3 is 2.40 bits per heavy atom. The van der Waals surface area contributed by atoms with Crippen LogP contribution in [0.1, 0.15) is 26.7 Å². The second-order valence-corrected chi connectivity index (χ2v) is 5.88. The summed E-state index contributed by atoms with van der Waals surface area (Å²) in [5.74, 6) is -2.15. The minimum Gasteiger partial charge on any atom is -0.479 e. The Morgan fingerprint density at radius 1 is 1.47 bits per heavy atom. The topological polar surface area (TPSA) is 91.8 Å². The molecule has 1 aliphatic heterocycles. The summed E-state index contributed by atoms with van der Waals surface area (Å²) in [5, 5.41) is 8.89. The number of rotatable bonds is 2. The van der Waals surface area contributed by atoms with Crippen molar-refractivity contribution in [2.24, 2.45) is 0 Å². The smallest absolute Gasteiger partial charge is 0.330 e. The first kappa shape index (κ1) is 12.0. The van der Waals surface area contributed by atoms with Crippen molar-refractivity contribution in [3.05, 3.63) is 0 Å². The van der Waals surface area contributed by atoms with Crippen LogP contribution in [0.15, 0.2) is 0 Å². The number of aliphatic carboxylic acids is 1. The third-order valence-electron chi connectivity index (χ3n) is 2.33. The molecule has 7 heteroatoms. The van der Waals surface area contributed by atoms with Crippen molar-refractivity contribution in [3.63, 3.8) is 0 Å². The molecule has 0 radical (unpaired) electrons. The van der Waals surface area contributed by atoms with Crippen molar-refractivity contribution >= 4 is 21.9 Å². The molecule has 0 aliphatic carbocycles. The maximum absolute atomic E-state index is 11.6. The predicted molar refractivity (Wildman–Crippen MR) is 51.6 cm³/mol. The lowest BCUT2D eigenvalue weighted by atomic mass is 10.1. The summed E-state index contributed by atoms with van der Waals surface area (Å²) >= 11 is 0. The number of carbonyl (C=O) groups excluding carboxylic acids is 1. The van der Waals surface area contributed by atoms with Crippen molar-refractivity contribution in [2.75, 3.05) is 5.75 Å². The monoisotopic (exact) mass is 235 g/mol. The van der Waals surface area contributed by atoms with Gasteiger partial charge in [0.25, 0.3) is 0 Å². The van der Waals surface area contributed by atoms with E-state index in [9.17, 15) is 18.0 Å². The van der Waals surface area contributed by atoms with Gasteiger partial charge in [-0.25, -0.2) is 17.5 Å². The fraction of sp³-hybridized carbons (Fsp3) is 0.750. The molecular formula is C8H13NO5S. The molecule has 1 aliphatic rings. The zero-order valence-corrected chi connectivity index (χ0v) is 9.37. The van der Waals surface area contributed by atoms with Gasteiger partial charge >= 0.3 is 5.97 Å². The molecule has 0 saturated carbocycles. The fourth-order valence-electron chi connectivity index (χ4n) is 1.50. The Balaban J connectivity index is 3.21. The van der Waals surface area contributed by atoms with Gasteiger partial charge in [-0.05, 0) is 20.3 Å². The summed E-state index contributed by atoms with van der Waals surface area (Å²) in [6.07, 6.45) is 0.337. The van der Waals surface area contributed by atoms with E-state index in [1.807, 2.05) is 0 Å². The van der Waals surface area contributed by atoms with Gasteiger partial charge in [0.1, 0.15) is 5.54 Å². The molecule has 6 nitrogen and oxygen atoms in total. The summed E-state index contributed by atoms with van der Waals surface area (Å²) in [5.41, 5.74) is -1.71. The van der Waals surface area contributed by atoms with Gasteiger partial charge in [-0.1, -0.05) is 0 Å². The van der Waals surface area contributed by atoms with E-state index >= 15 is 0 Å². The van der Waals surface area contributed by atoms with E-state index in [0.29, 0.717) is 4.31 Å². The zero-order valence-electron chi connectivity index (χ0n) is 8.56. The van der Waals surface area contributed by atoms with Crippen LogP contribution >= 0.6 is 0 Å². The molecular weight excluding hydrogens is 222 g/mol. The minimum absolute atomic E-state index is 0.0793. The summed E-state index contributed by atoms with van der Waals surface area (Å²) in [4.78, 5) is 22.3. The van der Waals surface area contributed by atoms with Crippen LogP contribution < -0.4 is 0 Å². The number of amides is 1. The molecule has 0 aromatic carbocycles. The van der Waals surface area contributed by atoms with Gasteiger partial charge in [0.2, 0.25) is 15.9 Å². The van der Waals surface area contributed by atoms with Crippen LogP contribution in [0.2, 0.25) is 0 Å². The van der Waals surface area contributed by atoms with E-state index < -0.39 is 27.4 Å². The molecule has 0 bridgehead atoms. The van der Waals surface area contributed by atoms with Crippen LogP contribution in [-0.2, 0) is 19.6 Å². The van der Waals surface area contributed by atoms with Crippen molar-refractivity contribution in [3.8, 4) is 0 Å². The highest BCUT2D eigenvalue weighted by atomic mass is 32.2. The number of carbonyl (C=O) groups is 2. The molecule has 0 atom stereocenters. The maximum Gasteiger partial charge on any atom is 0.330 e. The standard InChI is InChI=1S/C8H13NO5S/c1-8(2,7(11)12)9-6(10)4-3-5-15(9,13)14/h3-5H2,1-2H3,(H,11,12). The highest BCUT2D eigenvalue weighted by molar-refractivity contribution is 7.89. The summed E-state index contributed by atoms with van der Waals surface area (Å²) < 4.78 is 23.7. The highest BCUT2D eigenvalue weighted by Gasteiger charge is 2.46. The van der Waals surface area contributed by atoms with E-state index in [2.05, 4.69) is 0 Å². The predicted octanol–water partition coefficient (Wildman–Crippen LogP) is -0.198. The van der Waals surface area contributed by atoms with E-state index in [0.717, 1.165) is 0 Å². The van der Waals surface area contributed by atoms with Crippen LogP contribution in [0.3, 0.4) is 0 Å². The van der Waals surface area contributed by atoms with Crippen LogP contribution in [0, 0.1) is 0 Å². The largest absolute Gasteiger partial charge is 0.479 e. The lowest BCUT2D eigenvalue weighted by Crippen LogP contribution is -2.57. The second kappa shape index (κ2) is 3.48. The van der Waals surface area contributed by atoms with Gasteiger partial charge in [-0.3, -0.25) is 4.79 Å². The molecule has 0 aromatic rings. The lowest BCUT2D eigenvalue weighted by molar-refractivity contribution is -0.151. The van der Waals surface area contributed by atoms with Crippen LogP contribution in [0.5, 0.6) is 0 Å². The molecule has 0 aromatic heterocycles. The lowest BCUT2D eigenvalue weighted by Gasteiger charge is -2.36. The molecule has 1 fully saturated rings. The number of carboxylic acid groups (broad SMARTS) is 1. The van der Waals surface area contributed by atoms with Crippen LogP contribution in [0.25, 0.3) is 0 Å². The Kier molecular flexibility index (Phi) is 2.77. The molecule has 1 rings (SSSR count). The van der Waals surface area contributed by atoms with Crippen molar-refractivity contribution in [2.45, 2.75) is 32.2 Å². The first-order chi connectivity index (χ1) is 6.69. The highest BCUT2D eigenvalue weighted by Crippen LogP contribution is 2.25. The van der Waals surface area contributed by atoms with Gasteiger partial charge in [0, 0.05) is 6.42 Å². The number of carboxylic acids is 1. The van der Waals surface area contributed by atoms with E-state index in [-0.39, 0.29) is 18.6 Å². The van der Waals surface area contributed by atoms with Crippen molar-refractivity contribution in [1.82, 2.24) is 4.31 Å². The number of nitrogens with zero attached hydrogens (tertiary/aromatic N) is 1. The van der Waals surface area contributed by atoms with E-state index in [1.165, 1.54) is 13.8 Å². The molecule has 0 spiro atoms. The van der Waals surface area contributed by atoms with Crippen molar-refractivity contribution < 1.29 is 23.1 Å². The molecule has 15 heavy (non-hydrogen) atoms. The molecule has 1 N–H and O–H groups in total. The Labute approximate surface area is 87.9 Å². The molecule has 86 valence electrons. The first-order valence-electron chi connectivity index (χ1n) is 4.49. The maximum atomic E-state index is 11.6. The SMILES string of the molecule is CC(C)(C(=O)O)N1C(=O)CCCS1(=O)=O. The second-order valence-electron chi connectivity index (χ2n) is 3.94. The fourth-order valence-corrected chi connectivity index (χ4v) is 3.37. The molecule has 1 amide bonds. The van der Waals surface area contributed by atoms with Gasteiger partial charge in [-0.15, -0.1) is 0 Å².